The van der Waals surface area contributed by atoms with Crippen molar-refractivity contribution in [1.82, 2.24) is 9.97 Å². The van der Waals surface area contributed by atoms with E-state index >= 15 is 0 Å². The average molecular weight is 755 g/mol. The molecule has 0 spiro atoms. The molecule has 1 aliphatic rings. The van der Waals surface area contributed by atoms with Gasteiger partial charge in [-0.1, -0.05) is 116 Å². The number of fused-ring (bicyclic) bond motifs is 9. The van der Waals surface area contributed by atoms with E-state index in [-0.39, 0.29) is 0 Å². The lowest BCUT2D eigenvalue weighted by atomic mass is 9.89. The summed E-state index contributed by atoms with van der Waals surface area (Å²) in [5.74, 6) is 0.547. The number of benzene rings is 7. The number of allylic oxidation sites excluding steroid dienone is 1. The summed E-state index contributed by atoms with van der Waals surface area (Å²) < 4.78 is 1.36. The Morgan fingerprint density at radius 1 is 0.614 bits per heavy atom. The van der Waals surface area contributed by atoms with Gasteiger partial charge in [0.05, 0.1) is 22.9 Å². The highest BCUT2D eigenvalue weighted by Gasteiger charge is 2.21. The van der Waals surface area contributed by atoms with Gasteiger partial charge in [0.2, 0.25) is 0 Å². The molecule has 278 valence electrons. The maximum Gasteiger partial charge on any atom is 0.0979 e. The second-order valence-corrected chi connectivity index (χ2v) is 17.4. The molecule has 0 amide bonds. The Morgan fingerprint density at radius 2 is 1.25 bits per heavy atom. The predicted octanol–water partition coefficient (Wildman–Crippen LogP) is 15.4. The van der Waals surface area contributed by atoms with E-state index in [1.165, 1.54) is 98.1 Å². The summed E-state index contributed by atoms with van der Waals surface area (Å²) in [5.41, 5.74) is 20.6. The third-order valence-corrected chi connectivity index (χ3v) is 13.8. The van der Waals surface area contributed by atoms with Crippen LogP contribution in [0, 0.1) is 34.6 Å². The van der Waals surface area contributed by atoms with Crippen molar-refractivity contribution >= 4 is 60.1 Å². The maximum atomic E-state index is 5.57. The van der Waals surface area contributed by atoms with Crippen molar-refractivity contribution < 1.29 is 0 Å². The topological polar surface area (TPSA) is 25.8 Å². The van der Waals surface area contributed by atoms with E-state index in [9.17, 15) is 0 Å². The Balaban J connectivity index is 1.19. The molecule has 7 aromatic carbocycles. The highest BCUT2D eigenvalue weighted by molar-refractivity contribution is 7.20. The van der Waals surface area contributed by atoms with Gasteiger partial charge in [-0.2, -0.15) is 0 Å². The molecule has 57 heavy (non-hydrogen) atoms. The fourth-order valence-corrected chi connectivity index (χ4v) is 11.2. The van der Waals surface area contributed by atoms with Crippen LogP contribution in [-0.4, -0.2) is 9.97 Å². The number of aryl methyl sites for hydroxylation is 6. The standard InChI is InChI=1S/C54H46N2S/c1-8-36-24-34(6)50(35(7)25-36)39-18-20-42-43-21-19-40(49-32(4)22-30(2)23-33(49)5)28-47(43)52-51(46(42)27-39)55-29-48(56-52)38-14-10-13-37(26-38)41-15-11-17-45-44-16-9-12-31(3)53(44)57-54(41)45/h9-11,13-29,31H,8,12H2,1-7H3. The zero-order valence-electron chi connectivity index (χ0n) is 33.8. The molecule has 0 bridgehead atoms. The minimum atomic E-state index is 0.547. The second-order valence-electron chi connectivity index (χ2n) is 16.4. The van der Waals surface area contributed by atoms with Crippen LogP contribution in [0.5, 0.6) is 0 Å². The first-order valence-corrected chi connectivity index (χ1v) is 21.2. The highest BCUT2D eigenvalue weighted by atomic mass is 32.1. The van der Waals surface area contributed by atoms with Gasteiger partial charge in [-0.15, -0.1) is 11.3 Å². The molecule has 0 N–H and O–H groups in total. The van der Waals surface area contributed by atoms with Gasteiger partial charge >= 0.3 is 0 Å². The third-order valence-electron chi connectivity index (χ3n) is 12.3. The van der Waals surface area contributed by atoms with Gasteiger partial charge in [0.1, 0.15) is 0 Å². The first-order valence-electron chi connectivity index (χ1n) is 20.3. The number of hydrogen-bond donors (Lipinski definition) is 0. The van der Waals surface area contributed by atoms with Crippen LogP contribution in [-0.2, 0) is 6.42 Å². The number of thiophene rings is 1. The van der Waals surface area contributed by atoms with E-state index in [1.807, 2.05) is 17.5 Å². The molecule has 2 nitrogen and oxygen atoms in total. The summed E-state index contributed by atoms with van der Waals surface area (Å²) in [7, 11) is 0. The zero-order chi connectivity index (χ0) is 39.1. The van der Waals surface area contributed by atoms with Crippen LogP contribution in [0.2, 0.25) is 0 Å². The molecule has 0 fully saturated rings. The quantitative estimate of drug-likeness (QED) is 0.164. The van der Waals surface area contributed by atoms with Crippen LogP contribution in [0.15, 0.2) is 115 Å². The largest absolute Gasteiger partial charge is 0.252 e. The SMILES string of the molecule is CCc1cc(C)c(-c2ccc3c4ccc(-c5c(C)cc(C)cc5C)cc4c4nc(-c5cccc(-c6cccc7c8c(sc67)C(C)CC=C8)c5)cnc4c3c2)c(C)c1. The number of nitrogens with zero attached hydrogens (tertiary/aromatic N) is 2. The molecule has 9 aromatic rings. The smallest absolute Gasteiger partial charge is 0.0979 e. The van der Waals surface area contributed by atoms with E-state index in [4.69, 9.17) is 9.97 Å². The van der Waals surface area contributed by atoms with E-state index < -0.39 is 0 Å². The summed E-state index contributed by atoms with van der Waals surface area (Å²) in [4.78, 5) is 12.4. The Kier molecular flexibility index (Phi) is 8.50. The van der Waals surface area contributed by atoms with Crippen molar-refractivity contribution in [2.75, 3.05) is 0 Å². The monoisotopic (exact) mass is 754 g/mol. The fourth-order valence-electron chi connectivity index (χ4n) is 9.79. The molecule has 1 atom stereocenters. The van der Waals surface area contributed by atoms with Gasteiger partial charge < -0.3 is 0 Å². The van der Waals surface area contributed by atoms with Crippen molar-refractivity contribution in [1.29, 1.82) is 0 Å². The zero-order valence-corrected chi connectivity index (χ0v) is 34.7. The van der Waals surface area contributed by atoms with Gasteiger partial charge in [-0.3, -0.25) is 4.98 Å². The van der Waals surface area contributed by atoms with Crippen molar-refractivity contribution in [3.63, 3.8) is 0 Å². The first-order chi connectivity index (χ1) is 27.7. The Hall–Kier alpha value is -5.90. The molecule has 0 aliphatic heterocycles. The molecule has 0 saturated carbocycles. The Morgan fingerprint density at radius 3 is 1.93 bits per heavy atom. The number of rotatable bonds is 5. The van der Waals surface area contributed by atoms with Crippen molar-refractivity contribution in [2.24, 2.45) is 0 Å². The lowest BCUT2D eigenvalue weighted by molar-refractivity contribution is 0.791. The van der Waals surface area contributed by atoms with E-state index in [1.54, 1.807) is 0 Å². The predicted molar refractivity (Wildman–Crippen MR) is 247 cm³/mol. The van der Waals surface area contributed by atoms with Crippen LogP contribution >= 0.6 is 11.3 Å². The van der Waals surface area contributed by atoms with Crippen molar-refractivity contribution in [3.05, 3.63) is 159 Å². The molecule has 2 aromatic heterocycles. The normalized spacial score (nSPS) is 14.0. The summed E-state index contributed by atoms with van der Waals surface area (Å²) >= 11 is 1.96. The molecular formula is C54H46N2S. The molecule has 2 heterocycles. The molecule has 3 heteroatoms. The van der Waals surface area contributed by atoms with Gasteiger partial charge in [-0.25, -0.2) is 4.98 Å². The van der Waals surface area contributed by atoms with Crippen molar-refractivity contribution in [3.8, 4) is 44.6 Å². The molecule has 0 saturated heterocycles. The van der Waals surface area contributed by atoms with Crippen LogP contribution in [0.4, 0.5) is 0 Å². The minimum absolute atomic E-state index is 0.547. The number of hydrogen-bond acceptors (Lipinski definition) is 3. The summed E-state index contributed by atoms with van der Waals surface area (Å²) in [6.07, 6.45) is 8.78. The fraction of sp³-hybridized carbons (Fsp3) is 0.185. The van der Waals surface area contributed by atoms with E-state index in [0.717, 1.165) is 45.9 Å². The number of aromatic nitrogens is 2. The maximum absolute atomic E-state index is 5.57. The molecule has 1 unspecified atom stereocenters. The van der Waals surface area contributed by atoms with E-state index in [0.29, 0.717) is 5.92 Å². The molecular weight excluding hydrogens is 709 g/mol. The lowest BCUT2D eigenvalue weighted by Gasteiger charge is -2.17. The Labute approximate surface area is 339 Å². The minimum Gasteiger partial charge on any atom is -0.252 e. The van der Waals surface area contributed by atoms with Gasteiger partial charge in [0.15, 0.2) is 0 Å². The first kappa shape index (κ1) is 35.5. The van der Waals surface area contributed by atoms with E-state index in [2.05, 4.69) is 164 Å². The highest BCUT2D eigenvalue weighted by Crippen LogP contribution is 2.45. The lowest BCUT2D eigenvalue weighted by Crippen LogP contribution is -1.96. The summed E-state index contributed by atoms with van der Waals surface area (Å²) in [6.45, 7) is 15.7. The van der Waals surface area contributed by atoms with Gasteiger partial charge in [-0.05, 0) is 149 Å². The van der Waals surface area contributed by atoms with Crippen LogP contribution < -0.4 is 0 Å². The Bertz CT molecular complexity index is 3110. The van der Waals surface area contributed by atoms with Gasteiger partial charge in [0.25, 0.3) is 0 Å². The summed E-state index contributed by atoms with van der Waals surface area (Å²) in [5, 5.41) is 6.01. The van der Waals surface area contributed by atoms with Crippen molar-refractivity contribution in [2.45, 2.75) is 67.2 Å². The molecule has 0 radical (unpaired) electrons. The van der Waals surface area contributed by atoms with Crippen LogP contribution in [0.1, 0.15) is 70.0 Å². The van der Waals surface area contributed by atoms with Gasteiger partial charge in [0, 0.05) is 31.3 Å². The third kappa shape index (κ3) is 5.82. The molecule has 1 aliphatic carbocycles. The van der Waals surface area contributed by atoms with Crippen LogP contribution in [0.3, 0.4) is 0 Å². The average Bonchev–Trinajstić information content (AvgIpc) is 3.60. The molecule has 10 rings (SSSR count). The summed E-state index contributed by atoms with van der Waals surface area (Å²) in [6, 6.07) is 38.8. The second kappa shape index (κ2) is 13.6. The van der Waals surface area contributed by atoms with Crippen LogP contribution in [0.25, 0.3) is 93.4 Å².